The van der Waals surface area contributed by atoms with Gasteiger partial charge in [0.2, 0.25) is 0 Å². The van der Waals surface area contributed by atoms with E-state index in [9.17, 15) is 14.7 Å². The molecule has 2 N–H and O–H groups in total. The van der Waals surface area contributed by atoms with Gasteiger partial charge in [-0.15, -0.1) is 0 Å². The number of ether oxygens (including phenoxy) is 2. The summed E-state index contributed by atoms with van der Waals surface area (Å²) in [6.45, 7) is 4.20. The predicted molar refractivity (Wildman–Crippen MR) is 130 cm³/mol. The van der Waals surface area contributed by atoms with Crippen LogP contribution in [0.1, 0.15) is 47.3 Å². The highest BCUT2D eigenvalue weighted by Crippen LogP contribution is 2.36. The van der Waals surface area contributed by atoms with E-state index in [1.54, 1.807) is 25.3 Å². The summed E-state index contributed by atoms with van der Waals surface area (Å²) in [6, 6.07) is 22.2. The minimum atomic E-state index is -1.74. The molecule has 0 aliphatic carbocycles. The van der Waals surface area contributed by atoms with Gasteiger partial charge in [0.25, 0.3) is 5.91 Å². The van der Waals surface area contributed by atoms with Crippen LogP contribution < -0.4 is 10.1 Å². The largest absolute Gasteiger partial charge is 0.496 e. The molecule has 1 atom stereocenters. The van der Waals surface area contributed by atoms with E-state index >= 15 is 0 Å². The molecule has 0 radical (unpaired) electrons. The highest BCUT2D eigenvalue weighted by atomic mass is 16.5. The molecule has 1 amide bonds. The smallest absolute Gasteiger partial charge is 0.338 e. The Labute approximate surface area is 199 Å². The van der Waals surface area contributed by atoms with Crippen LogP contribution in [0, 0.1) is 0 Å². The van der Waals surface area contributed by atoms with Gasteiger partial charge in [-0.05, 0) is 47.2 Å². The number of carbonyl (C=O) groups excluding carboxylic acids is 2. The number of aliphatic hydroxyl groups is 1. The molecule has 34 heavy (non-hydrogen) atoms. The number of para-hydroxylation sites is 1. The van der Waals surface area contributed by atoms with Crippen molar-refractivity contribution in [1.29, 1.82) is 0 Å². The summed E-state index contributed by atoms with van der Waals surface area (Å²) < 4.78 is 10.5. The second-order valence-corrected chi connectivity index (χ2v) is 9.35. The van der Waals surface area contributed by atoms with Crippen molar-refractivity contribution in [1.82, 2.24) is 0 Å². The monoisotopic (exact) mass is 459 g/mol. The van der Waals surface area contributed by atoms with E-state index < -0.39 is 16.9 Å². The Morgan fingerprint density at radius 3 is 2.50 bits per heavy atom. The summed E-state index contributed by atoms with van der Waals surface area (Å²) in [7, 11) is 1.57. The molecule has 3 aromatic rings. The van der Waals surface area contributed by atoms with Gasteiger partial charge < -0.3 is 19.9 Å². The predicted octanol–water partition coefficient (Wildman–Crippen LogP) is 4.65. The Morgan fingerprint density at radius 1 is 1.06 bits per heavy atom. The van der Waals surface area contributed by atoms with Crippen LogP contribution in [0.2, 0.25) is 0 Å². The molecule has 1 aliphatic heterocycles. The van der Waals surface area contributed by atoms with Gasteiger partial charge in [-0.2, -0.15) is 0 Å². The van der Waals surface area contributed by atoms with Crippen LogP contribution in [-0.4, -0.2) is 29.7 Å². The van der Waals surface area contributed by atoms with Gasteiger partial charge in [0.1, 0.15) is 18.0 Å². The van der Waals surface area contributed by atoms with Crippen LogP contribution >= 0.6 is 0 Å². The Hall–Kier alpha value is -3.64. The number of esters is 1. The van der Waals surface area contributed by atoms with Gasteiger partial charge in [0, 0.05) is 17.7 Å². The molecule has 0 bridgehead atoms. The number of anilines is 1. The standard InChI is InChI=1S/C28H29NO5/c1-27(2,21-10-5-4-6-11-21)18-28(32,16-19-9-7-8-12-24(19)33-3)26(31)29-22-13-14-23-20(15-22)17-34-25(23)30/h4-15,32H,16-18H2,1-3H3,(H,29,31). The van der Waals surface area contributed by atoms with Gasteiger partial charge in [0.15, 0.2) is 0 Å². The topological polar surface area (TPSA) is 84.9 Å². The maximum Gasteiger partial charge on any atom is 0.338 e. The van der Waals surface area contributed by atoms with Crippen molar-refractivity contribution in [2.75, 3.05) is 12.4 Å². The number of amides is 1. The van der Waals surface area contributed by atoms with Crippen molar-refractivity contribution in [3.8, 4) is 5.75 Å². The van der Waals surface area contributed by atoms with Crippen molar-refractivity contribution in [2.24, 2.45) is 0 Å². The number of nitrogens with one attached hydrogen (secondary N) is 1. The first-order valence-corrected chi connectivity index (χ1v) is 11.2. The molecule has 0 saturated carbocycles. The third-order valence-electron chi connectivity index (χ3n) is 6.33. The fourth-order valence-corrected chi connectivity index (χ4v) is 4.57. The van der Waals surface area contributed by atoms with Gasteiger partial charge in [-0.1, -0.05) is 62.4 Å². The van der Waals surface area contributed by atoms with E-state index in [2.05, 4.69) is 5.32 Å². The summed E-state index contributed by atoms with van der Waals surface area (Å²) in [6.07, 6.45) is 0.256. The number of carbonyl (C=O) groups is 2. The van der Waals surface area contributed by atoms with Gasteiger partial charge in [-0.3, -0.25) is 4.79 Å². The zero-order chi connectivity index (χ0) is 24.3. The van der Waals surface area contributed by atoms with Gasteiger partial charge in [0.05, 0.1) is 12.7 Å². The lowest BCUT2D eigenvalue weighted by Crippen LogP contribution is -2.49. The number of benzene rings is 3. The van der Waals surface area contributed by atoms with E-state index in [4.69, 9.17) is 9.47 Å². The van der Waals surface area contributed by atoms with E-state index in [1.165, 1.54) is 0 Å². The average Bonchev–Trinajstić information content (AvgIpc) is 3.19. The molecule has 0 saturated heterocycles. The maximum absolute atomic E-state index is 13.6. The van der Waals surface area contributed by atoms with Crippen molar-refractivity contribution >= 4 is 17.6 Å². The Bertz CT molecular complexity index is 1200. The number of rotatable bonds is 8. The lowest BCUT2D eigenvalue weighted by Gasteiger charge is -2.36. The minimum Gasteiger partial charge on any atom is -0.496 e. The van der Waals surface area contributed by atoms with Crippen molar-refractivity contribution in [3.05, 3.63) is 95.1 Å². The molecule has 4 rings (SSSR count). The SMILES string of the molecule is COc1ccccc1CC(O)(CC(C)(C)c1ccccc1)C(=O)Nc1ccc2c(c1)COC2=O. The van der Waals surface area contributed by atoms with Crippen LogP contribution in [0.3, 0.4) is 0 Å². The van der Waals surface area contributed by atoms with Crippen LogP contribution in [-0.2, 0) is 28.0 Å². The second-order valence-electron chi connectivity index (χ2n) is 9.35. The first-order valence-electron chi connectivity index (χ1n) is 11.2. The molecular weight excluding hydrogens is 430 g/mol. The third-order valence-corrected chi connectivity index (χ3v) is 6.33. The van der Waals surface area contributed by atoms with E-state index in [0.717, 1.165) is 11.1 Å². The van der Waals surface area contributed by atoms with E-state index in [1.807, 2.05) is 68.4 Å². The number of hydrogen-bond acceptors (Lipinski definition) is 5. The lowest BCUT2D eigenvalue weighted by molar-refractivity contribution is -0.136. The summed E-state index contributed by atoms with van der Waals surface area (Å²) in [5.41, 5.74) is 1.23. The average molecular weight is 460 g/mol. The Balaban J connectivity index is 1.66. The maximum atomic E-state index is 13.6. The summed E-state index contributed by atoms with van der Waals surface area (Å²) >= 11 is 0. The molecule has 0 spiro atoms. The molecule has 0 fully saturated rings. The molecule has 1 unspecified atom stereocenters. The van der Waals surface area contributed by atoms with Crippen LogP contribution in [0.4, 0.5) is 5.69 Å². The molecule has 1 aliphatic rings. The fraction of sp³-hybridized carbons (Fsp3) is 0.286. The number of fused-ring (bicyclic) bond motifs is 1. The summed E-state index contributed by atoms with van der Waals surface area (Å²) in [5, 5.41) is 14.8. The first kappa shape index (κ1) is 23.5. The third kappa shape index (κ3) is 4.82. The van der Waals surface area contributed by atoms with Crippen LogP contribution in [0.25, 0.3) is 0 Å². The van der Waals surface area contributed by atoms with Crippen LogP contribution in [0.5, 0.6) is 5.75 Å². The summed E-state index contributed by atoms with van der Waals surface area (Å²) in [5.74, 6) is -0.280. The first-order chi connectivity index (χ1) is 16.2. The number of hydrogen-bond donors (Lipinski definition) is 2. The van der Waals surface area contributed by atoms with Crippen molar-refractivity contribution in [2.45, 2.75) is 44.3 Å². The summed E-state index contributed by atoms with van der Waals surface area (Å²) in [4.78, 5) is 25.4. The molecule has 0 aromatic heterocycles. The van der Waals surface area contributed by atoms with E-state index in [-0.39, 0.29) is 25.4 Å². The fourth-order valence-electron chi connectivity index (χ4n) is 4.57. The molecule has 6 nitrogen and oxygen atoms in total. The Morgan fingerprint density at radius 2 is 1.76 bits per heavy atom. The Kier molecular flexibility index (Phi) is 6.44. The molecular formula is C28H29NO5. The van der Waals surface area contributed by atoms with Crippen molar-refractivity contribution < 1.29 is 24.2 Å². The zero-order valence-corrected chi connectivity index (χ0v) is 19.6. The normalized spacial score (nSPS) is 14.6. The van der Waals surface area contributed by atoms with Gasteiger partial charge >= 0.3 is 5.97 Å². The van der Waals surface area contributed by atoms with Crippen molar-refractivity contribution in [3.63, 3.8) is 0 Å². The minimum absolute atomic E-state index is 0.0750. The lowest BCUT2D eigenvalue weighted by atomic mass is 9.73. The molecule has 3 aromatic carbocycles. The molecule has 1 heterocycles. The molecule has 176 valence electrons. The highest BCUT2D eigenvalue weighted by Gasteiger charge is 2.42. The quantitative estimate of drug-likeness (QED) is 0.479. The molecule has 6 heteroatoms. The number of cyclic esters (lactones) is 1. The second kappa shape index (κ2) is 9.31. The number of methoxy groups -OCH3 is 1. The van der Waals surface area contributed by atoms with Crippen LogP contribution in [0.15, 0.2) is 72.8 Å². The highest BCUT2D eigenvalue weighted by molar-refractivity contribution is 5.99. The van der Waals surface area contributed by atoms with E-state index in [0.29, 0.717) is 22.6 Å². The van der Waals surface area contributed by atoms with Gasteiger partial charge in [-0.25, -0.2) is 4.79 Å². The zero-order valence-electron chi connectivity index (χ0n) is 19.6.